The van der Waals surface area contributed by atoms with E-state index in [1.54, 1.807) is 0 Å². The third-order valence-corrected chi connectivity index (χ3v) is 6.18. The van der Waals surface area contributed by atoms with Crippen LogP contribution in [-0.4, -0.2) is 105 Å². The lowest BCUT2D eigenvalue weighted by Gasteiger charge is -2.10. The first-order chi connectivity index (χ1) is 20.8. The number of carboxylic acids is 2. The van der Waals surface area contributed by atoms with Gasteiger partial charge < -0.3 is 40.4 Å². The fourth-order valence-electron chi connectivity index (χ4n) is 3.73. The Labute approximate surface area is 254 Å². The molecular formula is C28H53N5O10. The zero-order valence-corrected chi connectivity index (χ0v) is 25.4. The van der Waals surface area contributed by atoms with Gasteiger partial charge in [-0.3, -0.25) is 29.8 Å². The topological polar surface area (TPSA) is 228 Å². The number of nitrogens with two attached hydrogens (primary N) is 1. The highest BCUT2D eigenvalue weighted by atomic mass is 16.5. The molecule has 0 bridgehead atoms. The predicted octanol–water partition coefficient (Wildman–Crippen LogP) is 0.457. The lowest BCUT2D eigenvalue weighted by Crippen LogP contribution is -2.41. The third kappa shape index (κ3) is 29.0. The zero-order chi connectivity index (χ0) is 32.0. The van der Waals surface area contributed by atoms with E-state index in [4.69, 9.17) is 30.3 Å². The van der Waals surface area contributed by atoms with E-state index in [1.165, 1.54) is 0 Å². The van der Waals surface area contributed by atoms with E-state index in [1.807, 2.05) is 0 Å². The standard InChI is InChI=1S/C28H53N5O10/c29-33-23(28(39)40)9-5-6-14-30-25(35)12-13-26(36)32-16-8-18-42-20-22-43-21-19-41-17-7-15-31-24(34)10-3-1-2-4-11-27(37)38/h23,33H,1-22,29H2,(H,30,35)(H,31,34)(H,32,36)(H,37,38)(H,39,40)/t23-/m0/s1. The Hall–Kier alpha value is -2.85. The van der Waals surface area contributed by atoms with Crippen LogP contribution < -0.4 is 27.2 Å². The number of amides is 3. The number of unbranched alkanes of at least 4 members (excludes halogenated alkanes) is 4. The Morgan fingerprint density at radius 2 is 0.977 bits per heavy atom. The van der Waals surface area contributed by atoms with Crippen LogP contribution >= 0.6 is 0 Å². The lowest BCUT2D eigenvalue weighted by atomic mass is 10.1. The molecule has 43 heavy (non-hydrogen) atoms. The molecule has 0 fully saturated rings. The Balaban J connectivity index is 3.37. The van der Waals surface area contributed by atoms with Crippen LogP contribution in [0.2, 0.25) is 0 Å². The van der Waals surface area contributed by atoms with Crippen LogP contribution in [0, 0.1) is 0 Å². The summed E-state index contributed by atoms with van der Waals surface area (Å²) in [4.78, 5) is 56.7. The second-order valence-corrected chi connectivity index (χ2v) is 9.96. The fourth-order valence-corrected chi connectivity index (χ4v) is 3.73. The Kier molecular flexibility index (Phi) is 27.3. The number of hydrogen-bond donors (Lipinski definition) is 7. The van der Waals surface area contributed by atoms with Crippen molar-refractivity contribution in [3.8, 4) is 0 Å². The number of carbonyl (C=O) groups is 5. The summed E-state index contributed by atoms with van der Waals surface area (Å²) in [5.74, 6) is 2.93. The summed E-state index contributed by atoms with van der Waals surface area (Å²) >= 11 is 0. The van der Waals surface area contributed by atoms with E-state index in [9.17, 15) is 24.0 Å². The highest BCUT2D eigenvalue weighted by molar-refractivity contribution is 5.83. The molecule has 0 unspecified atom stereocenters. The SMILES string of the molecule is NN[C@@H](CCCCNC(=O)CCC(=O)NCCCOCCOCCOCCCNC(=O)CCCCCCC(=O)O)C(=O)O. The average molecular weight is 620 g/mol. The molecule has 15 nitrogen and oxygen atoms in total. The van der Waals surface area contributed by atoms with Gasteiger partial charge in [-0.05, 0) is 44.9 Å². The number of hydrazine groups is 1. The monoisotopic (exact) mass is 619 g/mol. The minimum atomic E-state index is -1.01. The van der Waals surface area contributed by atoms with Crippen molar-refractivity contribution < 1.29 is 48.4 Å². The molecule has 0 rings (SSSR count). The molecule has 0 aromatic heterocycles. The average Bonchev–Trinajstić information content (AvgIpc) is 2.97. The van der Waals surface area contributed by atoms with Gasteiger partial charge >= 0.3 is 11.9 Å². The summed E-state index contributed by atoms with van der Waals surface area (Å²) in [7, 11) is 0. The number of aliphatic carboxylic acids is 2. The fraction of sp³-hybridized carbons (Fsp3) is 0.821. The number of rotatable bonds is 31. The Bertz CT molecular complexity index is 772. The van der Waals surface area contributed by atoms with Crippen molar-refractivity contribution in [1.29, 1.82) is 0 Å². The molecule has 0 spiro atoms. The van der Waals surface area contributed by atoms with Crippen LogP contribution in [0.25, 0.3) is 0 Å². The van der Waals surface area contributed by atoms with Crippen LogP contribution in [0.15, 0.2) is 0 Å². The van der Waals surface area contributed by atoms with Crippen molar-refractivity contribution in [3.05, 3.63) is 0 Å². The molecule has 1 atom stereocenters. The number of hydrogen-bond acceptors (Lipinski definition) is 10. The van der Waals surface area contributed by atoms with Gasteiger partial charge in [0.05, 0.1) is 26.4 Å². The Morgan fingerprint density at radius 1 is 0.535 bits per heavy atom. The van der Waals surface area contributed by atoms with Crippen LogP contribution in [0.3, 0.4) is 0 Å². The molecule has 0 radical (unpaired) electrons. The molecule has 0 aromatic rings. The summed E-state index contributed by atoms with van der Waals surface area (Å²) in [6.07, 6.45) is 6.83. The van der Waals surface area contributed by atoms with Crippen molar-refractivity contribution in [3.63, 3.8) is 0 Å². The molecule has 15 heteroatoms. The minimum absolute atomic E-state index is 0.00443. The number of carbonyl (C=O) groups excluding carboxylic acids is 3. The highest BCUT2D eigenvalue weighted by Gasteiger charge is 2.14. The molecule has 0 aliphatic heterocycles. The van der Waals surface area contributed by atoms with Crippen molar-refractivity contribution in [2.24, 2.45) is 5.84 Å². The maximum atomic E-state index is 11.9. The summed E-state index contributed by atoms with van der Waals surface area (Å²) in [6, 6.07) is -0.803. The van der Waals surface area contributed by atoms with E-state index in [-0.39, 0.29) is 37.0 Å². The molecule has 0 aromatic carbocycles. The normalized spacial score (nSPS) is 11.6. The first-order valence-electron chi connectivity index (χ1n) is 15.2. The largest absolute Gasteiger partial charge is 0.481 e. The van der Waals surface area contributed by atoms with E-state index in [0.29, 0.717) is 104 Å². The van der Waals surface area contributed by atoms with Crippen LogP contribution in [0.4, 0.5) is 0 Å². The number of carboxylic acid groups (broad SMARTS) is 2. The van der Waals surface area contributed by atoms with Crippen molar-refractivity contribution >= 4 is 29.7 Å². The van der Waals surface area contributed by atoms with Crippen LogP contribution in [-0.2, 0) is 38.2 Å². The van der Waals surface area contributed by atoms with Gasteiger partial charge in [0.15, 0.2) is 0 Å². The van der Waals surface area contributed by atoms with Gasteiger partial charge in [-0.1, -0.05) is 12.8 Å². The second-order valence-electron chi connectivity index (χ2n) is 9.96. The zero-order valence-electron chi connectivity index (χ0n) is 25.4. The molecule has 0 aliphatic carbocycles. The number of nitrogens with one attached hydrogen (secondary N) is 4. The third-order valence-electron chi connectivity index (χ3n) is 6.18. The van der Waals surface area contributed by atoms with Gasteiger partial charge in [-0.15, -0.1) is 0 Å². The van der Waals surface area contributed by atoms with Crippen LogP contribution in [0.1, 0.15) is 83.5 Å². The van der Waals surface area contributed by atoms with Gasteiger partial charge in [-0.2, -0.15) is 0 Å². The maximum Gasteiger partial charge on any atom is 0.322 e. The van der Waals surface area contributed by atoms with Gasteiger partial charge in [-0.25, -0.2) is 5.43 Å². The van der Waals surface area contributed by atoms with Gasteiger partial charge in [0.2, 0.25) is 17.7 Å². The molecule has 0 heterocycles. The van der Waals surface area contributed by atoms with Gasteiger partial charge in [0, 0.05) is 58.5 Å². The molecule has 250 valence electrons. The maximum absolute atomic E-state index is 11.9. The predicted molar refractivity (Wildman–Crippen MR) is 158 cm³/mol. The van der Waals surface area contributed by atoms with Crippen molar-refractivity contribution in [1.82, 2.24) is 21.4 Å². The molecule has 3 amide bonds. The first kappa shape index (κ1) is 40.1. The summed E-state index contributed by atoms with van der Waals surface area (Å²) in [5, 5.41) is 25.8. The van der Waals surface area contributed by atoms with E-state index >= 15 is 0 Å². The summed E-state index contributed by atoms with van der Waals surface area (Å²) < 4.78 is 16.4. The highest BCUT2D eigenvalue weighted by Crippen LogP contribution is 2.05. The molecule has 0 aliphatic rings. The quantitative estimate of drug-likeness (QED) is 0.0319. The smallest absolute Gasteiger partial charge is 0.322 e. The van der Waals surface area contributed by atoms with Crippen LogP contribution in [0.5, 0.6) is 0 Å². The molecule has 8 N–H and O–H groups in total. The van der Waals surface area contributed by atoms with Crippen molar-refractivity contribution in [2.75, 3.05) is 59.3 Å². The lowest BCUT2D eigenvalue weighted by molar-refractivity contribution is -0.140. The summed E-state index contributed by atoms with van der Waals surface area (Å²) in [6.45, 7) is 4.16. The van der Waals surface area contributed by atoms with E-state index in [2.05, 4.69) is 21.4 Å². The first-order valence-corrected chi connectivity index (χ1v) is 15.2. The van der Waals surface area contributed by atoms with E-state index < -0.39 is 18.0 Å². The molecule has 0 saturated heterocycles. The molecule has 0 saturated carbocycles. The summed E-state index contributed by atoms with van der Waals surface area (Å²) in [5.41, 5.74) is 2.23. The molecular weight excluding hydrogens is 566 g/mol. The van der Waals surface area contributed by atoms with Crippen molar-refractivity contribution in [2.45, 2.75) is 89.5 Å². The number of ether oxygens (including phenoxy) is 3. The van der Waals surface area contributed by atoms with Gasteiger partial charge in [0.1, 0.15) is 6.04 Å². The second kappa shape index (κ2) is 29.2. The Morgan fingerprint density at radius 3 is 1.44 bits per heavy atom. The van der Waals surface area contributed by atoms with E-state index in [0.717, 1.165) is 19.3 Å². The minimum Gasteiger partial charge on any atom is -0.481 e. The van der Waals surface area contributed by atoms with Gasteiger partial charge in [0.25, 0.3) is 0 Å².